The van der Waals surface area contributed by atoms with Crippen LogP contribution in [0.3, 0.4) is 0 Å². The van der Waals surface area contributed by atoms with Gasteiger partial charge in [0, 0.05) is 12.1 Å². The number of aliphatic hydroxyl groups excluding tert-OH is 1. The number of nitro benzene ring substituents is 1. The van der Waals surface area contributed by atoms with E-state index in [-0.39, 0.29) is 11.3 Å². The lowest BCUT2D eigenvalue weighted by Crippen LogP contribution is -2.13. The first kappa shape index (κ1) is 15.2. The van der Waals surface area contributed by atoms with E-state index in [0.717, 1.165) is 0 Å². The third-order valence-corrected chi connectivity index (χ3v) is 2.87. The summed E-state index contributed by atoms with van der Waals surface area (Å²) in [4.78, 5) is 21.5. The molecule has 7 heteroatoms. The Morgan fingerprint density at radius 2 is 2.05 bits per heavy atom. The molecule has 1 unspecified atom stereocenters. The molecule has 0 spiro atoms. The number of rotatable bonds is 5. The molecule has 1 rings (SSSR count). The number of methoxy groups -OCH3 is 1. The number of hydrogen-bond donors (Lipinski definition) is 1. The van der Waals surface area contributed by atoms with Crippen LogP contribution in [0.15, 0.2) is 35.2 Å². The number of benzene rings is 1. The van der Waals surface area contributed by atoms with Crippen LogP contribution in [0.5, 0.6) is 0 Å². The van der Waals surface area contributed by atoms with Crippen molar-refractivity contribution in [1.82, 2.24) is 0 Å². The van der Waals surface area contributed by atoms with Gasteiger partial charge in [0.25, 0.3) is 5.69 Å². The number of carbonyl (C=O) groups excluding carboxylic acids is 1. The lowest BCUT2D eigenvalue weighted by Gasteiger charge is -2.13. The lowest BCUT2D eigenvalue weighted by molar-refractivity contribution is -0.384. The number of ether oxygens (including phenoxy) is 1. The summed E-state index contributed by atoms with van der Waals surface area (Å²) in [7, 11) is 1.22. The molecule has 102 valence electrons. The molecule has 0 aliphatic rings. The van der Waals surface area contributed by atoms with Crippen molar-refractivity contribution >= 4 is 23.4 Å². The number of non-ortho nitro benzene ring substituents is 1. The average molecular weight is 283 g/mol. The van der Waals surface area contributed by atoms with Crippen molar-refractivity contribution in [2.75, 3.05) is 13.4 Å². The van der Waals surface area contributed by atoms with Crippen LogP contribution in [0.2, 0.25) is 0 Å². The van der Waals surface area contributed by atoms with E-state index in [0.29, 0.717) is 5.56 Å². The quantitative estimate of drug-likeness (QED) is 0.385. The second kappa shape index (κ2) is 6.91. The van der Waals surface area contributed by atoms with Gasteiger partial charge in [-0.25, -0.2) is 4.79 Å². The third-order valence-electron chi connectivity index (χ3n) is 2.38. The molecular formula is C12H13NO5S. The Morgan fingerprint density at radius 1 is 1.47 bits per heavy atom. The minimum absolute atomic E-state index is 0.0792. The second-order valence-corrected chi connectivity index (χ2v) is 4.26. The van der Waals surface area contributed by atoms with Crippen molar-refractivity contribution in [3.63, 3.8) is 0 Å². The molecule has 0 saturated heterocycles. The number of nitro groups is 1. The number of aliphatic hydroxyl groups is 1. The fourth-order valence-electron chi connectivity index (χ4n) is 1.43. The summed E-state index contributed by atoms with van der Waals surface area (Å²) in [5.74, 6) is -0.639. The molecule has 0 amide bonds. The maximum atomic E-state index is 11.5. The zero-order valence-corrected chi connectivity index (χ0v) is 11.2. The minimum Gasteiger partial charge on any atom is -0.466 e. The molecule has 0 aromatic heterocycles. The zero-order valence-electron chi connectivity index (χ0n) is 10.4. The Morgan fingerprint density at radius 3 is 2.47 bits per heavy atom. The van der Waals surface area contributed by atoms with Crippen LogP contribution in [0, 0.1) is 10.1 Å². The maximum Gasteiger partial charge on any atom is 0.337 e. The van der Waals surface area contributed by atoms with Gasteiger partial charge >= 0.3 is 5.97 Å². The normalized spacial score (nSPS) is 12.9. The Bertz CT molecular complexity index is 497. The van der Waals surface area contributed by atoms with E-state index in [1.165, 1.54) is 48.5 Å². The van der Waals surface area contributed by atoms with Gasteiger partial charge in [-0.3, -0.25) is 10.1 Å². The molecule has 1 atom stereocenters. The van der Waals surface area contributed by atoms with Gasteiger partial charge in [-0.2, -0.15) is 0 Å². The van der Waals surface area contributed by atoms with Crippen LogP contribution >= 0.6 is 11.8 Å². The van der Waals surface area contributed by atoms with Crippen LogP contribution in [0.1, 0.15) is 11.7 Å². The van der Waals surface area contributed by atoms with Gasteiger partial charge in [0.2, 0.25) is 0 Å². The zero-order chi connectivity index (χ0) is 14.4. The standard InChI is InChI=1S/C12H13NO5S/c1-18-12(15)10(7-19-2)11(14)8-3-5-9(6-4-8)13(16)17/h3-7,11,14H,1-2H3/b10-7-. The van der Waals surface area contributed by atoms with Gasteiger partial charge < -0.3 is 9.84 Å². The van der Waals surface area contributed by atoms with Crippen LogP contribution in [-0.2, 0) is 9.53 Å². The fraction of sp³-hybridized carbons (Fsp3) is 0.250. The molecule has 0 fully saturated rings. The van der Waals surface area contributed by atoms with Crippen molar-refractivity contribution in [2.24, 2.45) is 0 Å². The third kappa shape index (κ3) is 3.80. The molecule has 6 nitrogen and oxygen atoms in total. The van der Waals surface area contributed by atoms with E-state index in [4.69, 9.17) is 0 Å². The fourth-order valence-corrected chi connectivity index (χ4v) is 1.91. The highest BCUT2D eigenvalue weighted by molar-refractivity contribution is 8.01. The van der Waals surface area contributed by atoms with Gasteiger partial charge in [-0.05, 0) is 29.4 Å². The summed E-state index contributed by atoms with van der Waals surface area (Å²) in [5, 5.41) is 22.1. The Kier molecular flexibility index (Phi) is 5.53. The smallest absolute Gasteiger partial charge is 0.337 e. The van der Waals surface area contributed by atoms with E-state index in [2.05, 4.69) is 4.74 Å². The highest BCUT2D eigenvalue weighted by Crippen LogP contribution is 2.26. The summed E-state index contributed by atoms with van der Waals surface area (Å²) in [5.41, 5.74) is 0.393. The Hall–Kier alpha value is -1.86. The SMILES string of the molecule is COC(=O)/C(=C\SC)C(O)c1ccc([N+](=O)[O-])cc1. The molecule has 19 heavy (non-hydrogen) atoms. The number of carbonyl (C=O) groups is 1. The van der Waals surface area contributed by atoms with Crippen LogP contribution in [0.25, 0.3) is 0 Å². The van der Waals surface area contributed by atoms with E-state index < -0.39 is 17.0 Å². The van der Waals surface area contributed by atoms with Crippen molar-refractivity contribution in [3.05, 3.63) is 50.9 Å². The van der Waals surface area contributed by atoms with Crippen molar-refractivity contribution < 1.29 is 19.6 Å². The molecule has 1 aromatic rings. The summed E-state index contributed by atoms with van der Waals surface area (Å²) >= 11 is 1.25. The molecule has 1 N–H and O–H groups in total. The van der Waals surface area contributed by atoms with Crippen LogP contribution in [-0.4, -0.2) is 29.4 Å². The van der Waals surface area contributed by atoms with Crippen molar-refractivity contribution in [3.8, 4) is 0 Å². The van der Waals surface area contributed by atoms with Gasteiger partial charge in [-0.15, -0.1) is 11.8 Å². The summed E-state index contributed by atoms with van der Waals surface area (Å²) in [6.45, 7) is 0. The van der Waals surface area contributed by atoms with Gasteiger partial charge in [0.15, 0.2) is 0 Å². The molecule has 0 radical (unpaired) electrons. The lowest BCUT2D eigenvalue weighted by atomic mass is 10.0. The molecular weight excluding hydrogens is 270 g/mol. The van der Waals surface area contributed by atoms with E-state index in [9.17, 15) is 20.0 Å². The topological polar surface area (TPSA) is 89.7 Å². The van der Waals surface area contributed by atoms with E-state index >= 15 is 0 Å². The maximum absolute atomic E-state index is 11.5. The first-order valence-electron chi connectivity index (χ1n) is 5.24. The predicted octanol–water partition coefficient (Wildman–Crippen LogP) is 2.05. The first-order valence-corrected chi connectivity index (χ1v) is 6.53. The number of esters is 1. The highest BCUT2D eigenvalue weighted by atomic mass is 32.2. The van der Waals surface area contributed by atoms with Crippen LogP contribution in [0.4, 0.5) is 5.69 Å². The van der Waals surface area contributed by atoms with E-state index in [1.807, 2.05) is 0 Å². The molecule has 0 saturated carbocycles. The highest BCUT2D eigenvalue weighted by Gasteiger charge is 2.21. The van der Waals surface area contributed by atoms with Crippen molar-refractivity contribution in [2.45, 2.75) is 6.10 Å². The van der Waals surface area contributed by atoms with Gasteiger partial charge in [0.05, 0.1) is 17.6 Å². The van der Waals surface area contributed by atoms with E-state index in [1.54, 1.807) is 6.26 Å². The summed E-state index contributed by atoms with van der Waals surface area (Å²) in [6, 6.07) is 5.35. The average Bonchev–Trinajstić information content (AvgIpc) is 2.43. The molecule has 0 bridgehead atoms. The van der Waals surface area contributed by atoms with Gasteiger partial charge in [0.1, 0.15) is 6.10 Å². The minimum atomic E-state index is -1.18. The number of hydrogen-bond acceptors (Lipinski definition) is 6. The first-order chi connectivity index (χ1) is 9.01. The summed E-state index contributed by atoms with van der Waals surface area (Å²) in [6.07, 6.45) is 0.562. The number of thioether (sulfide) groups is 1. The Labute approximate surface area is 114 Å². The van der Waals surface area contributed by atoms with Crippen molar-refractivity contribution in [1.29, 1.82) is 0 Å². The molecule has 1 aromatic carbocycles. The number of nitrogens with zero attached hydrogens (tertiary/aromatic N) is 1. The summed E-state index contributed by atoms with van der Waals surface area (Å²) < 4.78 is 4.58. The van der Waals surface area contributed by atoms with Crippen LogP contribution < -0.4 is 0 Å². The van der Waals surface area contributed by atoms with Gasteiger partial charge in [-0.1, -0.05) is 0 Å². The molecule has 0 aliphatic carbocycles. The largest absolute Gasteiger partial charge is 0.466 e. The molecule has 0 aliphatic heterocycles. The predicted molar refractivity (Wildman–Crippen MR) is 71.7 cm³/mol. The monoisotopic (exact) mass is 283 g/mol. The second-order valence-electron chi connectivity index (χ2n) is 3.55. The molecule has 0 heterocycles. The Balaban J connectivity index is 3.03.